The number of hydrogen-bond acceptors (Lipinski definition) is 4. The van der Waals surface area contributed by atoms with E-state index in [2.05, 4.69) is 0 Å². The SMILES string of the molecule is CCN(C)C(=O)CN1CC(C)(OCC(=O)O)C1. The Morgan fingerprint density at radius 3 is 2.53 bits per heavy atom. The molecule has 1 aliphatic heterocycles. The van der Waals surface area contributed by atoms with Crippen molar-refractivity contribution in [1.82, 2.24) is 9.80 Å². The van der Waals surface area contributed by atoms with Crippen LogP contribution < -0.4 is 0 Å². The first kappa shape index (κ1) is 13.9. The van der Waals surface area contributed by atoms with Crippen molar-refractivity contribution < 1.29 is 19.4 Å². The predicted octanol–water partition coefficient (Wildman–Crippen LogP) is -0.360. The van der Waals surface area contributed by atoms with Gasteiger partial charge in [0.2, 0.25) is 5.91 Å². The van der Waals surface area contributed by atoms with Gasteiger partial charge < -0.3 is 14.7 Å². The van der Waals surface area contributed by atoms with Gasteiger partial charge in [-0.25, -0.2) is 4.79 Å². The smallest absolute Gasteiger partial charge is 0.329 e. The van der Waals surface area contributed by atoms with Crippen LogP contribution >= 0.6 is 0 Å². The zero-order valence-electron chi connectivity index (χ0n) is 10.6. The molecule has 0 bridgehead atoms. The van der Waals surface area contributed by atoms with Crippen LogP contribution in [-0.4, -0.2) is 72.2 Å². The van der Waals surface area contributed by atoms with E-state index in [9.17, 15) is 9.59 Å². The maximum absolute atomic E-state index is 11.6. The molecule has 1 heterocycles. The van der Waals surface area contributed by atoms with E-state index < -0.39 is 11.6 Å². The molecule has 0 spiro atoms. The number of carboxylic acids is 1. The highest BCUT2D eigenvalue weighted by Gasteiger charge is 2.40. The number of aliphatic carboxylic acids is 1. The van der Waals surface area contributed by atoms with Crippen LogP contribution in [0.1, 0.15) is 13.8 Å². The number of carbonyl (C=O) groups excluding carboxylic acids is 1. The van der Waals surface area contributed by atoms with E-state index in [1.807, 2.05) is 18.7 Å². The van der Waals surface area contributed by atoms with Gasteiger partial charge in [-0.05, 0) is 13.8 Å². The van der Waals surface area contributed by atoms with Crippen molar-refractivity contribution in [3.8, 4) is 0 Å². The third kappa shape index (κ3) is 3.98. The van der Waals surface area contributed by atoms with E-state index in [1.165, 1.54) is 0 Å². The normalized spacial score (nSPS) is 18.5. The molecule has 0 unspecified atom stereocenters. The molecule has 0 atom stereocenters. The number of carbonyl (C=O) groups is 2. The molecule has 1 aliphatic rings. The second-order valence-electron chi connectivity index (χ2n) is 4.69. The Hall–Kier alpha value is -1.14. The quantitative estimate of drug-likeness (QED) is 0.691. The van der Waals surface area contributed by atoms with Crippen LogP contribution in [0.2, 0.25) is 0 Å². The highest BCUT2D eigenvalue weighted by molar-refractivity contribution is 5.78. The highest BCUT2D eigenvalue weighted by atomic mass is 16.5. The summed E-state index contributed by atoms with van der Waals surface area (Å²) in [7, 11) is 1.77. The van der Waals surface area contributed by atoms with Gasteiger partial charge in [-0.1, -0.05) is 0 Å². The minimum Gasteiger partial charge on any atom is -0.480 e. The van der Waals surface area contributed by atoms with E-state index in [4.69, 9.17) is 9.84 Å². The summed E-state index contributed by atoms with van der Waals surface area (Å²) in [5.74, 6) is -0.890. The minimum absolute atomic E-state index is 0.0767. The average molecular weight is 244 g/mol. The number of amides is 1. The molecule has 1 fully saturated rings. The molecule has 0 saturated carbocycles. The minimum atomic E-state index is -0.966. The molecule has 1 saturated heterocycles. The largest absolute Gasteiger partial charge is 0.480 e. The van der Waals surface area contributed by atoms with Gasteiger partial charge in [0.25, 0.3) is 0 Å². The third-order valence-corrected chi connectivity index (χ3v) is 2.92. The van der Waals surface area contributed by atoms with E-state index in [-0.39, 0.29) is 12.5 Å². The van der Waals surface area contributed by atoms with Gasteiger partial charge in [0, 0.05) is 26.7 Å². The van der Waals surface area contributed by atoms with Crippen molar-refractivity contribution in [2.75, 3.05) is 39.8 Å². The Morgan fingerprint density at radius 2 is 2.06 bits per heavy atom. The number of ether oxygens (including phenoxy) is 1. The molecule has 6 heteroatoms. The van der Waals surface area contributed by atoms with Gasteiger partial charge in [-0.15, -0.1) is 0 Å². The summed E-state index contributed by atoms with van der Waals surface area (Å²) in [4.78, 5) is 25.6. The molecule has 1 N–H and O–H groups in total. The molecule has 17 heavy (non-hydrogen) atoms. The van der Waals surface area contributed by atoms with Crippen molar-refractivity contribution in [2.24, 2.45) is 0 Å². The Morgan fingerprint density at radius 1 is 1.47 bits per heavy atom. The summed E-state index contributed by atoms with van der Waals surface area (Å²) in [5, 5.41) is 8.51. The van der Waals surface area contributed by atoms with Crippen molar-refractivity contribution in [2.45, 2.75) is 19.4 Å². The summed E-state index contributed by atoms with van der Waals surface area (Å²) in [6.45, 7) is 5.77. The molecule has 6 nitrogen and oxygen atoms in total. The van der Waals surface area contributed by atoms with Gasteiger partial charge in [-0.3, -0.25) is 9.69 Å². The highest BCUT2D eigenvalue weighted by Crippen LogP contribution is 2.24. The second-order valence-corrected chi connectivity index (χ2v) is 4.69. The number of likely N-dealkylation sites (tertiary alicyclic amines) is 1. The first-order valence-electron chi connectivity index (χ1n) is 5.68. The Kier molecular flexibility index (Phi) is 4.47. The summed E-state index contributed by atoms with van der Waals surface area (Å²) >= 11 is 0. The van der Waals surface area contributed by atoms with Crippen LogP contribution in [0, 0.1) is 0 Å². The first-order valence-corrected chi connectivity index (χ1v) is 5.68. The monoisotopic (exact) mass is 244 g/mol. The molecule has 98 valence electrons. The van der Waals surface area contributed by atoms with Gasteiger partial charge in [0.15, 0.2) is 0 Å². The maximum Gasteiger partial charge on any atom is 0.329 e. The van der Waals surface area contributed by atoms with Gasteiger partial charge in [0.1, 0.15) is 6.61 Å². The van der Waals surface area contributed by atoms with Crippen molar-refractivity contribution in [3.05, 3.63) is 0 Å². The summed E-state index contributed by atoms with van der Waals surface area (Å²) < 4.78 is 5.26. The fraction of sp³-hybridized carbons (Fsp3) is 0.818. The lowest BCUT2D eigenvalue weighted by Crippen LogP contribution is -2.63. The van der Waals surface area contributed by atoms with Crippen LogP contribution in [0.3, 0.4) is 0 Å². The van der Waals surface area contributed by atoms with Crippen LogP contribution in [-0.2, 0) is 14.3 Å². The van der Waals surface area contributed by atoms with E-state index in [0.29, 0.717) is 26.2 Å². The molecular formula is C11H20N2O4. The van der Waals surface area contributed by atoms with Gasteiger partial charge in [-0.2, -0.15) is 0 Å². The number of likely N-dealkylation sites (N-methyl/N-ethyl adjacent to an activating group) is 1. The molecule has 1 rings (SSSR count). The second kappa shape index (κ2) is 5.46. The van der Waals surface area contributed by atoms with Gasteiger partial charge in [0.05, 0.1) is 12.1 Å². The summed E-state index contributed by atoms with van der Waals surface area (Å²) in [6.07, 6.45) is 0. The molecule has 0 aromatic heterocycles. The molecular weight excluding hydrogens is 224 g/mol. The lowest BCUT2D eigenvalue weighted by Gasteiger charge is -2.47. The lowest BCUT2D eigenvalue weighted by molar-refractivity contribution is -0.167. The molecule has 0 radical (unpaired) electrons. The molecule has 0 aliphatic carbocycles. The topological polar surface area (TPSA) is 70.1 Å². The van der Waals surface area contributed by atoms with Crippen molar-refractivity contribution >= 4 is 11.9 Å². The Labute approximate surface area is 101 Å². The van der Waals surface area contributed by atoms with E-state index >= 15 is 0 Å². The third-order valence-electron chi connectivity index (χ3n) is 2.92. The fourth-order valence-corrected chi connectivity index (χ4v) is 1.83. The van der Waals surface area contributed by atoms with Gasteiger partial charge >= 0.3 is 5.97 Å². The predicted molar refractivity (Wildman–Crippen MR) is 61.7 cm³/mol. The molecule has 0 aromatic rings. The Bertz CT molecular complexity index is 300. The zero-order chi connectivity index (χ0) is 13.1. The fourth-order valence-electron chi connectivity index (χ4n) is 1.83. The first-order chi connectivity index (χ1) is 7.86. The van der Waals surface area contributed by atoms with Crippen LogP contribution in [0.5, 0.6) is 0 Å². The number of rotatable bonds is 6. The van der Waals surface area contributed by atoms with E-state index in [1.54, 1.807) is 11.9 Å². The summed E-state index contributed by atoms with van der Waals surface area (Å²) in [5.41, 5.74) is -0.427. The standard InChI is InChI=1S/C11H20N2O4/c1-4-12(3)9(14)5-13-7-11(2,8-13)17-6-10(15)16/h4-8H2,1-3H3,(H,15,16). The van der Waals surface area contributed by atoms with Crippen LogP contribution in [0.15, 0.2) is 0 Å². The molecule has 1 amide bonds. The summed E-state index contributed by atoms with van der Waals surface area (Å²) in [6, 6.07) is 0. The van der Waals surface area contributed by atoms with Crippen LogP contribution in [0.25, 0.3) is 0 Å². The van der Waals surface area contributed by atoms with Crippen molar-refractivity contribution in [1.29, 1.82) is 0 Å². The maximum atomic E-state index is 11.6. The van der Waals surface area contributed by atoms with E-state index in [0.717, 1.165) is 0 Å². The van der Waals surface area contributed by atoms with Crippen molar-refractivity contribution in [3.63, 3.8) is 0 Å². The number of carboxylic acid groups (broad SMARTS) is 1. The van der Waals surface area contributed by atoms with Crippen LogP contribution in [0.4, 0.5) is 0 Å². The number of hydrogen-bond donors (Lipinski definition) is 1. The average Bonchev–Trinajstić information content (AvgIpc) is 2.23. The Balaban J connectivity index is 2.26. The zero-order valence-corrected chi connectivity index (χ0v) is 10.6. The number of nitrogens with zero attached hydrogens (tertiary/aromatic N) is 2. The lowest BCUT2D eigenvalue weighted by atomic mass is 9.96. The molecule has 0 aromatic carbocycles.